The van der Waals surface area contributed by atoms with Crippen LogP contribution in [0.2, 0.25) is 0 Å². The van der Waals surface area contributed by atoms with Gasteiger partial charge in [-0.15, -0.1) is 12.4 Å². The highest BCUT2D eigenvalue weighted by Crippen LogP contribution is 2.28. The second-order valence-corrected chi connectivity index (χ2v) is 6.56. The molecule has 2 aliphatic rings. The largest absolute Gasteiger partial charge is 0.377 e. The second-order valence-electron chi connectivity index (χ2n) is 6.56. The fraction of sp³-hybridized carbons (Fsp3) is 0.611. The van der Waals surface area contributed by atoms with E-state index in [2.05, 4.69) is 12.1 Å². The number of rotatable bonds is 4. The number of carbonyl (C=O) groups is 1. The van der Waals surface area contributed by atoms with Crippen molar-refractivity contribution in [2.24, 2.45) is 11.7 Å². The normalized spacial score (nSPS) is 27.5. The molecular weight excluding hydrogens is 312 g/mol. The molecule has 1 amide bonds. The van der Waals surface area contributed by atoms with Crippen molar-refractivity contribution < 1.29 is 9.53 Å². The average molecular weight is 339 g/mol. The van der Waals surface area contributed by atoms with Gasteiger partial charge in [-0.05, 0) is 30.7 Å². The van der Waals surface area contributed by atoms with Crippen LogP contribution in [-0.2, 0) is 16.0 Å². The number of carbonyl (C=O) groups excluding carboxylic acids is 1. The Hall–Kier alpha value is -1.10. The number of nitrogens with two attached hydrogens (primary N) is 1. The van der Waals surface area contributed by atoms with Crippen LogP contribution in [-0.4, -0.2) is 42.6 Å². The minimum atomic E-state index is 0. The number of halogens is 1. The quantitative estimate of drug-likeness (QED) is 0.917. The van der Waals surface area contributed by atoms with Crippen LogP contribution in [0, 0.1) is 5.92 Å². The minimum Gasteiger partial charge on any atom is -0.377 e. The molecule has 0 bridgehead atoms. The van der Waals surface area contributed by atoms with Crippen LogP contribution in [0.15, 0.2) is 30.3 Å². The van der Waals surface area contributed by atoms with Crippen molar-refractivity contribution in [2.45, 2.75) is 44.2 Å². The van der Waals surface area contributed by atoms with Crippen molar-refractivity contribution in [3.05, 3.63) is 35.9 Å². The Kier molecular flexibility index (Phi) is 6.88. The third kappa shape index (κ3) is 4.69. The molecule has 0 radical (unpaired) electrons. The third-order valence-corrected chi connectivity index (χ3v) is 5.02. The van der Waals surface area contributed by atoms with E-state index in [4.69, 9.17) is 10.5 Å². The van der Waals surface area contributed by atoms with Crippen molar-refractivity contribution in [1.82, 2.24) is 4.90 Å². The van der Waals surface area contributed by atoms with Crippen molar-refractivity contribution in [3.63, 3.8) is 0 Å². The Labute approximate surface area is 144 Å². The average Bonchev–Trinajstić information content (AvgIpc) is 2.94. The van der Waals surface area contributed by atoms with Gasteiger partial charge in [0, 0.05) is 19.0 Å². The summed E-state index contributed by atoms with van der Waals surface area (Å²) in [6.45, 7) is 1.99. The molecule has 0 aromatic heterocycles. The van der Waals surface area contributed by atoms with Crippen LogP contribution < -0.4 is 5.73 Å². The maximum Gasteiger partial charge on any atom is 0.223 e. The van der Waals surface area contributed by atoms with E-state index in [9.17, 15) is 4.79 Å². The van der Waals surface area contributed by atoms with Gasteiger partial charge in [0.25, 0.3) is 0 Å². The molecule has 3 atom stereocenters. The third-order valence-electron chi connectivity index (χ3n) is 5.02. The molecule has 1 saturated heterocycles. The molecule has 1 aromatic rings. The minimum absolute atomic E-state index is 0. The SMILES string of the molecule is Cl.N[C@@H]1CCC[C@H]1CC(=O)N1CCOCC1Cc1ccccc1. The predicted molar refractivity (Wildman–Crippen MR) is 93.6 cm³/mol. The number of hydrogen-bond acceptors (Lipinski definition) is 3. The highest BCUT2D eigenvalue weighted by molar-refractivity contribution is 5.85. The van der Waals surface area contributed by atoms with Gasteiger partial charge in [-0.3, -0.25) is 4.79 Å². The summed E-state index contributed by atoms with van der Waals surface area (Å²) in [5.74, 6) is 0.624. The lowest BCUT2D eigenvalue weighted by molar-refractivity contribution is -0.140. The number of nitrogens with zero attached hydrogens (tertiary/aromatic N) is 1. The van der Waals surface area contributed by atoms with Crippen LogP contribution in [0.4, 0.5) is 0 Å². The van der Waals surface area contributed by atoms with E-state index in [1.54, 1.807) is 0 Å². The van der Waals surface area contributed by atoms with E-state index < -0.39 is 0 Å². The smallest absolute Gasteiger partial charge is 0.223 e. The molecule has 23 heavy (non-hydrogen) atoms. The topological polar surface area (TPSA) is 55.6 Å². The lowest BCUT2D eigenvalue weighted by Gasteiger charge is -2.36. The number of benzene rings is 1. The molecule has 128 valence electrons. The summed E-state index contributed by atoms with van der Waals surface area (Å²) in [6.07, 6.45) is 4.79. The predicted octanol–water partition coefficient (Wildman–Crippen LogP) is 2.40. The van der Waals surface area contributed by atoms with Crippen LogP contribution in [0.3, 0.4) is 0 Å². The molecule has 2 N–H and O–H groups in total. The van der Waals surface area contributed by atoms with Crippen molar-refractivity contribution in [2.75, 3.05) is 19.8 Å². The van der Waals surface area contributed by atoms with Crippen LogP contribution >= 0.6 is 12.4 Å². The van der Waals surface area contributed by atoms with E-state index in [0.717, 1.165) is 25.7 Å². The summed E-state index contributed by atoms with van der Waals surface area (Å²) in [6, 6.07) is 10.7. The van der Waals surface area contributed by atoms with Gasteiger partial charge in [-0.1, -0.05) is 36.8 Å². The summed E-state index contributed by atoms with van der Waals surface area (Å²) in [4.78, 5) is 14.7. The van der Waals surface area contributed by atoms with E-state index in [0.29, 0.717) is 32.1 Å². The monoisotopic (exact) mass is 338 g/mol. The molecule has 1 aliphatic carbocycles. The summed E-state index contributed by atoms with van der Waals surface area (Å²) in [5.41, 5.74) is 7.38. The lowest BCUT2D eigenvalue weighted by Crippen LogP contribution is -2.50. The van der Waals surface area contributed by atoms with Crippen LogP contribution in [0.25, 0.3) is 0 Å². The van der Waals surface area contributed by atoms with Crippen molar-refractivity contribution in [1.29, 1.82) is 0 Å². The summed E-state index contributed by atoms with van der Waals surface area (Å²) in [7, 11) is 0. The molecule has 1 heterocycles. The highest BCUT2D eigenvalue weighted by Gasteiger charge is 2.32. The number of ether oxygens (including phenoxy) is 1. The Morgan fingerprint density at radius 3 is 2.74 bits per heavy atom. The maximum absolute atomic E-state index is 12.7. The number of amides is 1. The summed E-state index contributed by atoms with van der Waals surface area (Å²) in [5, 5.41) is 0. The fourth-order valence-electron chi connectivity index (χ4n) is 3.70. The first-order valence-electron chi connectivity index (χ1n) is 8.41. The Morgan fingerprint density at radius 2 is 2.04 bits per heavy atom. The van der Waals surface area contributed by atoms with Gasteiger partial charge < -0.3 is 15.4 Å². The van der Waals surface area contributed by atoms with Gasteiger partial charge in [0.2, 0.25) is 5.91 Å². The van der Waals surface area contributed by atoms with Gasteiger partial charge in [0.1, 0.15) is 0 Å². The first kappa shape index (κ1) is 18.2. The van der Waals surface area contributed by atoms with Crippen LogP contribution in [0.5, 0.6) is 0 Å². The standard InChI is InChI=1S/C18H26N2O2.ClH/c19-17-8-4-7-15(17)12-18(21)20-9-10-22-13-16(20)11-14-5-2-1-3-6-14;/h1-3,5-6,15-17H,4,7-13,19H2;1H/t15-,16?,17+;/m0./s1. The first-order chi connectivity index (χ1) is 10.7. The summed E-state index contributed by atoms with van der Waals surface area (Å²) < 4.78 is 5.61. The van der Waals surface area contributed by atoms with Gasteiger partial charge in [-0.2, -0.15) is 0 Å². The van der Waals surface area contributed by atoms with E-state index >= 15 is 0 Å². The lowest BCUT2D eigenvalue weighted by atomic mass is 9.97. The highest BCUT2D eigenvalue weighted by atomic mass is 35.5. The zero-order valence-corrected chi connectivity index (χ0v) is 14.3. The first-order valence-corrected chi connectivity index (χ1v) is 8.41. The van der Waals surface area contributed by atoms with E-state index in [1.807, 2.05) is 23.1 Å². The van der Waals surface area contributed by atoms with E-state index in [-0.39, 0.29) is 30.4 Å². The zero-order valence-electron chi connectivity index (χ0n) is 13.5. The molecule has 4 nitrogen and oxygen atoms in total. The molecule has 5 heteroatoms. The zero-order chi connectivity index (χ0) is 15.4. The maximum atomic E-state index is 12.7. The van der Waals surface area contributed by atoms with Gasteiger partial charge >= 0.3 is 0 Å². The Balaban J connectivity index is 0.00000192. The second kappa shape index (κ2) is 8.67. The van der Waals surface area contributed by atoms with Gasteiger partial charge in [0.15, 0.2) is 0 Å². The molecule has 2 fully saturated rings. The molecule has 1 aliphatic heterocycles. The van der Waals surface area contributed by atoms with Crippen molar-refractivity contribution in [3.8, 4) is 0 Å². The van der Waals surface area contributed by atoms with E-state index in [1.165, 1.54) is 5.56 Å². The Bertz CT molecular complexity index is 497. The fourth-order valence-corrected chi connectivity index (χ4v) is 3.70. The summed E-state index contributed by atoms with van der Waals surface area (Å²) >= 11 is 0. The molecule has 3 rings (SSSR count). The molecular formula is C18H27ClN2O2. The van der Waals surface area contributed by atoms with Gasteiger partial charge in [-0.25, -0.2) is 0 Å². The molecule has 1 aromatic carbocycles. The molecule has 1 unspecified atom stereocenters. The number of morpholine rings is 1. The molecule has 0 spiro atoms. The number of hydrogen-bond donors (Lipinski definition) is 1. The Morgan fingerprint density at radius 1 is 1.26 bits per heavy atom. The molecule has 1 saturated carbocycles. The van der Waals surface area contributed by atoms with Gasteiger partial charge in [0.05, 0.1) is 19.3 Å². The van der Waals surface area contributed by atoms with Crippen molar-refractivity contribution >= 4 is 18.3 Å². The van der Waals surface area contributed by atoms with Crippen LogP contribution in [0.1, 0.15) is 31.2 Å².